The van der Waals surface area contributed by atoms with Crippen LogP contribution in [-0.2, 0) is 11.3 Å². The SMILES string of the molecule is Cc1cc(C)c(-n2cccn2)c([C@@H]2CC(=O)NCc3nc(N)sc32)c1. The highest BCUT2D eigenvalue weighted by atomic mass is 32.1. The first-order valence-electron chi connectivity index (χ1n) is 8.16. The highest BCUT2D eigenvalue weighted by Gasteiger charge is 2.30. The quantitative estimate of drug-likeness (QED) is 0.742. The molecule has 1 atom stereocenters. The Bertz CT molecular complexity index is 945. The number of hydrogen-bond donors (Lipinski definition) is 2. The van der Waals surface area contributed by atoms with Gasteiger partial charge in [0.2, 0.25) is 5.91 Å². The number of benzene rings is 1. The lowest BCUT2D eigenvalue weighted by Gasteiger charge is -2.21. The fraction of sp³-hybridized carbons (Fsp3) is 0.278. The van der Waals surface area contributed by atoms with Gasteiger partial charge in [-0.3, -0.25) is 4.79 Å². The fourth-order valence-electron chi connectivity index (χ4n) is 3.54. The van der Waals surface area contributed by atoms with Crippen molar-refractivity contribution in [3.63, 3.8) is 0 Å². The van der Waals surface area contributed by atoms with E-state index in [0.29, 0.717) is 18.1 Å². The van der Waals surface area contributed by atoms with Gasteiger partial charge in [-0.15, -0.1) is 11.3 Å². The van der Waals surface area contributed by atoms with E-state index in [4.69, 9.17) is 5.73 Å². The molecule has 1 amide bonds. The Balaban J connectivity index is 1.96. The number of carbonyl (C=O) groups excluding carboxylic acids is 1. The van der Waals surface area contributed by atoms with E-state index in [1.54, 1.807) is 6.20 Å². The molecule has 1 aliphatic heterocycles. The van der Waals surface area contributed by atoms with Crippen LogP contribution in [0.1, 0.15) is 39.6 Å². The van der Waals surface area contributed by atoms with Gasteiger partial charge >= 0.3 is 0 Å². The van der Waals surface area contributed by atoms with Crippen LogP contribution in [0, 0.1) is 13.8 Å². The summed E-state index contributed by atoms with van der Waals surface area (Å²) in [5.41, 5.74) is 11.2. The van der Waals surface area contributed by atoms with Gasteiger partial charge in [0.25, 0.3) is 0 Å². The second-order valence-corrected chi connectivity index (χ2v) is 7.43. The van der Waals surface area contributed by atoms with Crippen LogP contribution in [0.15, 0.2) is 30.6 Å². The van der Waals surface area contributed by atoms with Crippen LogP contribution in [0.3, 0.4) is 0 Å². The molecule has 25 heavy (non-hydrogen) atoms. The van der Waals surface area contributed by atoms with E-state index in [-0.39, 0.29) is 11.8 Å². The molecule has 0 bridgehead atoms. The van der Waals surface area contributed by atoms with E-state index >= 15 is 0 Å². The smallest absolute Gasteiger partial charge is 0.221 e. The summed E-state index contributed by atoms with van der Waals surface area (Å²) in [7, 11) is 0. The first kappa shape index (κ1) is 15.8. The molecule has 3 heterocycles. The van der Waals surface area contributed by atoms with Gasteiger partial charge in [0.15, 0.2) is 5.13 Å². The Morgan fingerprint density at radius 1 is 1.36 bits per heavy atom. The molecule has 0 spiro atoms. The number of thiazole rings is 1. The summed E-state index contributed by atoms with van der Waals surface area (Å²) < 4.78 is 1.87. The largest absolute Gasteiger partial charge is 0.375 e. The molecule has 0 unspecified atom stereocenters. The maximum atomic E-state index is 12.3. The second-order valence-electron chi connectivity index (χ2n) is 6.37. The molecule has 6 nitrogen and oxygen atoms in total. The molecule has 2 aromatic heterocycles. The summed E-state index contributed by atoms with van der Waals surface area (Å²) in [5.74, 6) is -0.0514. The van der Waals surface area contributed by atoms with Crippen molar-refractivity contribution in [1.29, 1.82) is 0 Å². The number of aryl methyl sites for hydroxylation is 2. The number of fused-ring (bicyclic) bond motifs is 1. The van der Waals surface area contributed by atoms with Crippen LogP contribution in [0.25, 0.3) is 5.69 Å². The summed E-state index contributed by atoms with van der Waals surface area (Å²) in [5, 5.41) is 7.88. The Hall–Kier alpha value is -2.67. The lowest BCUT2D eigenvalue weighted by molar-refractivity contribution is -0.121. The maximum absolute atomic E-state index is 12.3. The van der Waals surface area contributed by atoms with Gasteiger partial charge in [0.1, 0.15) is 0 Å². The second kappa shape index (κ2) is 6.00. The molecule has 0 saturated carbocycles. The van der Waals surface area contributed by atoms with E-state index in [1.807, 2.05) is 16.9 Å². The maximum Gasteiger partial charge on any atom is 0.221 e. The number of nitrogens with one attached hydrogen (secondary N) is 1. The van der Waals surface area contributed by atoms with Crippen LogP contribution in [0.5, 0.6) is 0 Å². The van der Waals surface area contributed by atoms with Crippen molar-refractivity contribution in [2.75, 3.05) is 5.73 Å². The van der Waals surface area contributed by atoms with Crippen molar-refractivity contribution in [3.8, 4) is 5.69 Å². The number of nitrogen functional groups attached to an aromatic ring is 1. The molecule has 0 aliphatic carbocycles. The summed E-state index contributed by atoms with van der Waals surface area (Å²) in [6.45, 7) is 4.58. The van der Waals surface area contributed by atoms with Gasteiger partial charge in [0.05, 0.1) is 17.9 Å². The Morgan fingerprint density at radius 3 is 2.96 bits per heavy atom. The third-order valence-electron chi connectivity index (χ3n) is 4.49. The minimum absolute atomic E-state index is 0.0272. The van der Waals surface area contributed by atoms with Crippen molar-refractivity contribution in [2.24, 2.45) is 0 Å². The van der Waals surface area contributed by atoms with Gasteiger partial charge in [-0.05, 0) is 31.0 Å². The molecule has 1 aromatic carbocycles. The minimum atomic E-state index is -0.0786. The first-order valence-corrected chi connectivity index (χ1v) is 8.97. The number of anilines is 1. The highest BCUT2D eigenvalue weighted by molar-refractivity contribution is 7.15. The number of amides is 1. The predicted molar refractivity (Wildman–Crippen MR) is 97.9 cm³/mol. The molecule has 0 fully saturated rings. The number of hydrogen-bond acceptors (Lipinski definition) is 5. The molecule has 1 aliphatic rings. The number of rotatable bonds is 2. The van der Waals surface area contributed by atoms with Gasteiger partial charge in [-0.25, -0.2) is 9.67 Å². The van der Waals surface area contributed by atoms with Crippen LogP contribution in [-0.4, -0.2) is 20.7 Å². The standard InChI is InChI=1S/C18H19N5OS/c1-10-6-11(2)16(23-5-3-4-21-23)12(7-10)13-8-15(24)20-9-14-17(13)25-18(19)22-14/h3-7,13H,8-9H2,1-2H3,(H2,19,22)(H,20,24)/t13-/m0/s1. The third-order valence-corrected chi connectivity index (χ3v) is 5.53. The molecule has 4 rings (SSSR count). The lowest BCUT2D eigenvalue weighted by atomic mass is 9.89. The van der Waals surface area contributed by atoms with Crippen LogP contribution >= 0.6 is 11.3 Å². The fourth-order valence-corrected chi connectivity index (χ4v) is 4.51. The highest BCUT2D eigenvalue weighted by Crippen LogP contribution is 2.40. The average molecular weight is 353 g/mol. The van der Waals surface area contributed by atoms with Gasteiger partial charge in [-0.1, -0.05) is 17.7 Å². The molecular weight excluding hydrogens is 334 g/mol. The Labute approximate surface area is 149 Å². The molecule has 0 radical (unpaired) electrons. The zero-order valence-corrected chi connectivity index (χ0v) is 14.9. The van der Waals surface area contributed by atoms with Crippen LogP contribution in [0.2, 0.25) is 0 Å². The van der Waals surface area contributed by atoms with Crippen molar-refractivity contribution in [2.45, 2.75) is 32.7 Å². The van der Waals surface area contributed by atoms with Crippen molar-refractivity contribution < 1.29 is 4.79 Å². The molecule has 0 saturated heterocycles. The average Bonchev–Trinajstić information content (AvgIpc) is 3.16. The van der Waals surface area contributed by atoms with E-state index in [1.165, 1.54) is 11.3 Å². The normalized spacial score (nSPS) is 17.0. The third kappa shape index (κ3) is 2.80. The zero-order valence-electron chi connectivity index (χ0n) is 14.1. The topological polar surface area (TPSA) is 85.8 Å². The van der Waals surface area contributed by atoms with Gasteiger partial charge < -0.3 is 11.1 Å². The number of carbonyl (C=O) groups is 1. The summed E-state index contributed by atoms with van der Waals surface area (Å²) in [4.78, 5) is 17.8. The van der Waals surface area contributed by atoms with E-state index in [0.717, 1.165) is 32.9 Å². The molecule has 3 N–H and O–H groups in total. The molecule has 3 aromatic rings. The first-order chi connectivity index (χ1) is 12.0. The zero-order chi connectivity index (χ0) is 17.6. The predicted octanol–water partition coefficient (Wildman–Crippen LogP) is 2.68. The van der Waals surface area contributed by atoms with E-state index < -0.39 is 0 Å². The summed E-state index contributed by atoms with van der Waals surface area (Å²) in [6, 6.07) is 6.19. The van der Waals surface area contributed by atoms with E-state index in [2.05, 4.69) is 41.4 Å². The summed E-state index contributed by atoms with van der Waals surface area (Å²) >= 11 is 1.47. The summed E-state index contributed by atoms with van der Waals surface area (Å²) in [6.07, 6.45) is 4.07. The number of nitrogens with two attached hydrogens (primary N) is 1. The molecular formula is C18H19N5OS. The molecule has 128 valence electrons. The lowest BCUT2D eigenvalue weighted by Crippen LogP contribution is -2.22. The number of nitrogens with zero attached hydrogens (tertiary/aromatic N) is 3. The van der Waals surface area contributed by atoms with Crippen molar-refractivity contribution in [1.82, 2.24) is 20.1 Å². The van der Waals surface area contributed by atoms with Crippen LogP contribution in [0.4, 0.5) is 5.13 Å². The van der Waals surface area contributed by atoms with Crippen molar-refractivity contribution >= 4 is 22.4 Å². The van der Waals surface area contributed by atoms with Crippen molar-refractivity contribution in [3.05, 3.63) is 57.9 Å². The van der Waals surface area contributed by atoms with Gasteiger partial charge in [-0.2, -0.15) is 5.10 Å². The number of aromatic nitrogens is 3. The minimum Gasteiger partial charge on any atom is -0.375 e. The molecule has 7 heteroatoms. The van der Waals surface area contributed by atoms with Gasteiger partial charge in [0, 0.05) is 29.6 Å². The van der Waals surface area contributed by atoms with Crippen LogP contribution < -0.4 is 11.1 Å². The Kier molecular flexibility index (Phi) is 3.80. The monoisotopic (exact) mass is 353 g/mol. The van der Waals surface area contributed by atoms with E-state index in [9.17, 15) is 4.79 Å². The Morgan fingerprint density at radius 2 is 2.20 bits per heavy atom.